The molecule has 1 unspecified atom stereocenters. The van der Waals surface area contributed by atoms with Crippen molar-refractivity contribution in [1.29, 1.82) is 5.26 Å². The maximum atomic E-state index is 13.4. The smallest absolute Gasteiger partial charge is 0.337 e. The summed E-state index contributed by atoms with van der Waals surface area (Å²) in [6.07, 6.45) is 1.48. The van der Waals surface area contributed by atoms with Crippen molar-refractivity contribution in [3.8, 4) is 6.07 Å². The monoisotopic (exact) mass is 408 g/mol. The lowest BCUT2D eigenvalue weighted by molar-refractivity contribution is -0.150. The summed E-state index contributed by atoms with van der Waals surface area (Å²) in [5.41, 5.74) is 4.44. The van der Waals surface area contributed by atoms with E-state index in [1.54, 1.807) is 0 Å². The molecule has 0 fully saturated rings. The van der Waals surface area contributed by atoms with Gasteiger partial charge in [0.15, 0.2) is 0 Å². The zero-order valence-corrected chi connectivity index (χ0v) is 19.7. The first-order chi connectivity index (χ1) is 13.9. The normalized spacial score (nSPS) is 17.3. The molecule has 30 heavy (non-hydrogen) atoms. The number of nitriles is 1. The third-order valence-corrected chi connectivity index (χ3v) is 4.90. The molecule has 0 aromatic heterocycles. The van der Waals surface area contributed by atoms with Crippen molar-refractivity contribution in [2.75, 3.05) is 0 Å². The van der Waals surface area contributed by atoms with Crippen LogP contribution in [0.25, 0.3) is 0 Å². The number of dihydropyridines is 1. The Kier molecular flexibility index (Phi) is 7.53. The fourth-order valence-electron chi connectivity index (χ4n) is 3.75. The van der Waals surface area contributed by atoms with Crippen molar-refractivity contribution >= 4 is 5.97 Å². The Morgan fingerprint density at radius 1 is 1.07 bits per heavy atom. The van der Waals surface area contributed by atoms with E-state index in [0.29, 0.717) is 23.0 Å². The van der Waals surface area contributed by atoms with E-state index in [0.717, 1.165) is 35.4 Å². The van der Waals surface area contributed by atoms with Gasteiger partial charge in [-0.15, -0.1) is 0 Å². The quantitative estimate of drug-likeness (QED) is 0.574. The SMILES string of the molecule is Cc1ccc(C2C(C#N)=C(CC(C)C)NC(CC(C)C)=C2C(=O)OC(C)(C)C)cc1. The van der Waals surface area contributed by atoms with Gasteiger partial charge in [-0.25, -0.2) is 4.79 Å². The third-order valence-electron chi connectivity index (χ3n) is 4.90. The van der Waals surface area contributed by atoms with E-state index in [1.165, 1.54) is 0 Å². The number of esters is 1. The lowest BCUT2D eigenvalue weighted by Gasteiger charge is -2.33. The number of benzene rings is 1. The molecule has 0 saturated heterocycles. The van der Waals surface area contributed by atoms with Crippen molar-refractivity contribution in [2.45, 2.75) is 79.8 Å². The Bertz CT molecular complexity index is 875. The minimum absolute atomic E-state index is 0.354. The van der Waals surface area contributed by atoms with Crippen molar-refractivity contribution in [3.05, 3.63) is 57.9 Å². The highest BCUT2D eigenvalue weighted by Crippen LogP contribution is 2.41. The van der Waals surface area contributed by atoms with Gasteiger partial charge in [0.05, 0.1) is 23.1 Å². The van der Waals surface area contributed by atoms with Gasteiger partial charge >= 0.3 is 5.97 Å². The van der Waals surface area contributed by atoms with E-state index in [9.17, 15) is 10.1 Å². The fraction of sp³-hybridized carbons (Fsp3) is 0.538. The molecular weight excluding hydrogens is 372 g/mol. The van der Waals surface area contributed by atoms with Crippen LogP contribution in [0.15, 0.2) is 46.8 Å². The minimum atomic E-state index is -0.612. The van der Waals surface area contributed by atoms with Gasteiger partial charge in [0.25, 0.3) is 0 Å². The van der Waals surface area contributed by atoms with E-state index in [2.05, 4.69) is 39.1 Å². The Morgan fingerprint density at radius 3 is 2.07 bits per heavy atom. The Labute approximate surface area is 182 Å². The van der Waals surface area contributed by atoms with Crippen LogP contribution in [0.3, 0.4) is 0 Å². The molecule has 1 aliphatic rings. The van der Waals surface area contributed by atoms with Crippen molar-refractivity contribution in [1.82, 2.24) is 5.32 Å². The Balaban J connectivity index is 2.73. The maximum absolute atomic E-state index is 13.4. The number of carbonyl (C=O) groups is 1. The van der Waals surface area contributed by atoms with Crippen molar-refractivity contribution < 1.29 is 9.53 Å². The van der Waals surface area contributed by atoms with Gasteiger partial charge in [-0.05, 0) is 57.9 Å². The molecule has 1 atom stereocenters. The molecule has 1 aliphatic heterocycles. The summed E-state index contributed by atoms with van der Waals surface area (Å²) in [6, 6.07) is 10.5. The maximum Gasteiger partial charge on any atom is 0.337 e. The highest BCUT2D eigenvalue weighted by Gasteiger charge is 2.37. The molecule has 0 aliphatic carbocycles. The third kappa shape index (κ3) is 5.98. The summed E-state index contributed by atoms with van der Waals surface area (Å²) in [5, 5.41) is 13.6. The van der Waals surface area contributed by atoms with Crippen LogP contribution in [0.4, 0.5) is 0 Å². The topological polar surface area (TPSA) is 62.1 Å². The van der Waals surface area contributed by atoms with E-state index in [4.69, 9.17) is 4.74 Å². The summed E-state index contributed by atoms with van der Waals surface area (Å²) < 4.78 is 5.80. The molecule has 0 bridgehead atoms. The second-order valence-electron chi connectivity index (χ2n) is 10.1. The molecule has 4 heteroatoms. The van der Waals surface area contributed by atoms with Crippen molar-refractivity contribution in [3.63, 3.8) is 0 Å². The molecule has 2 rings (SSSR count). The highest BCUT2D eigenvalue weighted by molar-refractivity contribution is 5.93. The van der Waals surface area contributed by atoms with Crippen LogP contribution < -0.4 is 5.32 Å². The summed E-state index contributed by atoms with van der Waals surface area (Å²) in [7, 11) is 0. The van der Waals surface area contributed by atoms with Crippen LogP contribution in [0.1, 0.15) is 78.4 Å². The standard InChI is InChI=1S/C26H36N2O2/c1-16(2)13-21-20(15-27)23(19-11-9-18(5)10-12-19)24(22(28-21)14-17(3)4)25(29)30-26(6,7)8/h9-12,16-17,23,28H,13-14H2,1-8H3. The first-order valence-electron chi connectivity index (χ1n) is 10.9. The molecular formula is C26H36N2O2. The molecule has 1 heterocycles. The summed E-state index contributed by atoms with van der Waals surface area (Å²) in [5.74, 6) is -0.0350. The van der Waals surface area contributed by atoms with E-state index in [-0.39, 0.29) is 5.97 Å². The average Bonchev–Trinajstić information content (AvgIpc) is 2.59. The minimum Gasteiger partial charge on any atom is -0.457 e. The van der Waals surface area contributed by atoms with Crippen LogP contribution >= 0.6 is 0 Å². The second-order valence-corrected chi connectivity index (χ2v) is 10.1. The van der Waals surface area contributed by atoms with Gasteiger partial charge in [0.1, 0.15) is 5.60 Å². The number of ether oxygens (including phenoxy) is 1. The second kappa shape index (κ2) is 9.51. The van der Waals surface area contributed by atoms with Gasteiger partial charge in [0.2, 0.25) is 0 Å². The van der Waals surface area contributed by atoms with Gasteiger partial charge in [0, 0.05) is 11.4 Å². The lowest BCUT2D eigenvalue weighted by Crippen LogP contribution is -2.34. The molecule has 1 aromatic carbocycles. The lowest BCUT2D eigenvalue weighted by atomic mass is 9.78. The van der Waals surface area contributed by atoms with Gasteiger partial charge in [-0.3, -0.25) is 0 Å². The fourth-order valence-corrected chi connectivity index (χ4v) is 3.75. The first kappa shape index (κ1) is 23.7. The number of rotatable bonds is 6. The van der Waals surface area contributed by atoms with E-state index < -0.39 is 11.5 Å². The largest absolute Gasteiger partial charge is 0.457 e. The molecule has 4 nitrogen and oxygen atoms in total. The Hall–Kier alpha value is -2.54. The molecule has 0 amide bonds. The van der Waals surface area contributed by atoms with Crippen LogP contribution in [0.5, 0.6) is 0 Å². The number of hydrogen-bond donors (Lipinski definition) is 1. The van der Waals surface area contributed by atoms with E-state index >= 15 is 0 Å². The van der Waals surface area contributed by atoms with Gasteiger partial charge < -0.3 is 10.1 Å². The number of carbonyl (C=O) groups excluding carboxylic acids is 1. The van der Waals surface area contributed by atoms with Crippen LogP contribution in [0, 0.1) is 30.1 Å². The van der Waals surface area contributed by atoms with Crippen molar-refractivity contribution in [2.24, 2.45) is 11.8 Å². The molecule has 162 valence electrons. The zero-order chi connectivity index (χ0) is 22.6. The molecule has 1 N–H and O–H groups in total. The number of nitrogens with one attached hydrogen (secondary N) is 1. The number of allylic oxidation sites excluding steroid dienone is 3. The predicted octanol–water partition coefficient (Wildman–Crippen LogP) is 6.15. The number of nitrogens with zero attached hydrogens (tertiary/aromatic N) is 1. The van der Waals surface area contributed by atoms with E-state index in [1.807, 2.05) is 52.0 Å². The zero-order valence-electron chi connectivity index (χ0n) is 19.7. The van der Waals surface area contributed by atoms with Crippen LogP contribution in [-0.2, 0) is 9.53 Å². The van der Waals surface area contributed by atoms with Gasteiger partial charge in [-0.2, -0.15) is 5.26 Å². The summed E-state index contributed by atoms with van der Waals surface area (Å²) in [6.45, 7) is 16.2. The number of hydrogen-bond acceptors (Lipinski definition) is 4. The predicted molar refractivity (Wildman–Crippen MR) is 121 cm³/mol. The summed E-state index contributed by atoms with van der Waals surface area (Å²) >= 11 is 0. The molecule has 0 radical (unpaired) electrons. The number of aryl methyl sites for hydroxylation is 1. The summed E-state index contributed by atoms with van der Waals surface area (Å²) in [4.78, 5) is 13.4. The van der Waals surface area contributed by atoms with Crippen LogP contribution in [-0.4, -0.2) is 11.6 Å². The average molecular weight is 409 g/mol. The highest BCUT2D eigenvalue weighted by atomic mass is 16.6. The first-order valence-corrected chi connectivity index (χ1v) is 10.9. The Morgan fingerprint density at radius 2 is 1.60 bits per heavy atom. The molecule has 0 spiro atoms. The van der Waals surface area contributed by atoms with Gasteiger partial charge in [-0.1, -0.05) is 57.5 Å². The molecule has 1 aromatic rings. The molecule has 0 saturated carbocycles. The van der Waals surface area contributed by atoms with Crippen LogP contribution in [0.2, 0.25) is 0 Å².